The van der Waals surface area contributed by atoms with Gasteiger partial charge in [-0.1, -0.05) is 30.3 Å². The molecule has 164 valence electrons. The number of fused-ring (bicyclic) bond motifs is 1. The van der Waals surface area contributed by atoms with Crippen LogP contribution in [0.2, 0.25) is 0 Å². The Morgan fingerprint density at radius 2 is 1.70 bits per heavy atom. The lowest BCUT2D eigenvalue weighted by molar-refractivity contribution is -0.192. The molecule has 1 aromatic carbocycles. The van der Waals surface area contributed by atoms with E-state index < -0.39 is 18.2 Å². The first-order chi connectivity index (χ1) is 14.0. The van der Waals surface area contributed by atoms with Crippen LogP contribution >= 0.6 is 0 Å². The predicted octanol–water partition coefficient (Wildman–Crippen LogP) is 3.05. The van der Waals surface area contributed by atoms with Crippen LogP contribution in [0, 0.1) is 11.8 Å². The van der Waals surface area contributed by atoms with Gasteiger partial charge in [-0.3, -0.25) is 9.59 Å². The molecule has 3 N–H and O–H groups in total. The van der Waals surface area contributed by atoms with E-state index in [1.54, 1.807) is 13.0 Å². The van der Waals surface area contributed by atoms with Gasteiger partial charge in [-0.15, -0.1) is 0 Å². The Morgan fingerprint density at radius 1 is 1.20 bits per heavy atom. The summed E-state index contributed by atoms with van der Waals surface area (Å²) in [6.07, 6.45) is 1.24. The monoisotopic (exact) mass is 426 g/mol. The van der Waals surface area contributed by atoms with Gasteiger partial charge in [0.25, 0.3) is 0 Å². The van der Waals surface area contributed by atoms with Gasteiger partial charge >= 0.3 is 12.1 Å². The second kappa shape index (κ2) is 9.88. The Labute approximate surface area is 172 Å². The van der Waals surface area contributed by atoms with E-state index >= 15 is 0 Å². The number of nitrogens with two attached hydrogens (primary N) is 1. The summed E-state index contributed by atoms with van der Waals surface area (Å²) in [5.74, 6) is -1.96. The summed E-state index contributed by atoms with van der Waals surface area (Å²) in [5.41, 5.74) is 8.10. The maximum atomic E-state index is 12.4. The van der Waals surface area contributed by atoms with E-state index in [4.69, 9.17) is 15.6 Å². The first kappa shape index (κ1) is 23.6. The molecule has 1 saturated carbocycles. The highest BCUT2D eigenvalue weighted by Gasteiger charge is 2.38. The van der Waals surface area contributed by atoms with Crippen LogP contribution in [-0.4, -0.2) is 39.9 Å². The van der Waals surface area contributed by atoms with Crippen molar-refractivity contribution < 1.29 is 32.7 Å². The Kier molecular flexibility index (Phi) is 7.77. The van der Waals surface area contributed by atoms with Crippen LogP contribution in [-0.2, 0) is 27.5 Å². The van der Waals surface area contributed by atoms with E-state index in [-0.39, 0.29) is 17.6 Å². The van der Waals surface area contributed by atoms with Crippen molar-refractivity contribution in [1.29, 1.82) is 0 Å². The summed E-state index contributed by atoms with van der Waals surface area (Å²) >= 11 is 0. The number of halogens is 3. The molecule has 1 amide bonds. The minimum Gasteiger partial charge on any atom is -0.475 e. The van der Waals surface area contributed by atoms with Gasteiger partial charge in [-0.05, 0) is 48.8 Å². The molecule has 1 fully saturated rings. The van der Waals surface area contributed by atoms with Gasteiger partial charge in [0.2, 0.25) is 5.91 Å². The number of ketones is 1. The Balaban J connectivity index is 0.000000396. The number of allylic oxidation sites excluding steroid dienone is 1. The molecule has 0 bridgehead atoms. The summed E-state index contributed by atoms with van der Waals surface area (Å²) < 4.78 is 31.7. The first-order valence-electron chi connectivity index (χ1n) is 9.61. The number of alkyl halides is 3. The third-order valence-electron chi connectivity index (χ3n) is 5.05. The zero-order valence-corrected chi connectivity index (χ0v) is 16.6. The van der Waals surface area contributed by atoms with E-state index in [1.807, 2.05) is 23.1 Å². The first-order valence-corrected chi connectivity index (χ1v) is 9.61. The quantitative estimate of drug-likeness (QED) is 0.681. The molecule has 0 spiro atoms. The SMILES string of the molecule is C[C@H](N)C(=O)C[C@H](/C=C/C(=O)N1Cc2ccccc2C1)C1CC1.O=C(O)C(F)(F)F. The van der Waals surface area contributed by atoms with E-state index in [2.05, 4.69) is 12.1 Å². The van der Waals surface area contributed by atoms with E-state index in [1.165, 1.54) is 11.1 Å². The highest BCUT2D eigenvalue weighted by molar-refractivity contribution is 5.88. The molecule has 30 heavy (non-hydrogen) atoms. The molecule has 2 atom stereocenters. The van der Waals surface area contributed by atoms with Crippen molar-refractivity contribution in [3.05, 3.63) is 47.5 Å². The number of carboxylic acid groups (broad SMARTS) is 1. The summed E-state index contributed by atoms with van der Waals surface area (Å²) in [6, 6.07) is 7.73. The number of carboxylic acids is 1. The van der Waals surface area contributed by atoms with Crippen LogP contribution < -0.4 is 5.73 Å². The minimum absolute atomic E-state index is 0.0279. The molecule has 9 heteroatoms. The fourth-order valence-electron chi connectivity index (χ4n) is 3.13. The van der Waals surface area contributed by atoms with Gasteiger partial charge in [0.1, 0.15) is 5.78 Å². The van der Waals surface area contributed by atoms with Crippen LogP contribution in [0.1, 0.15) is 37.3 Å². The topological polar surface area (TPSA) is 101 Å². The van der Waals surface area contributed by atoms with Crippen molar-refractivity contribution >= 4 is 17.7 Å². The summed E-state index contributed by atoms with van der Waals surface area (Å²) in [4.78, 5) is 35.0. The van der Waals surface area contributed by atoms with E-state index in [0.29, 0.717) is 25.4 Å². The highest BCUT2D eigenvalue weighted by Crippen LogP contribution is 2.39. The third kappa shape index (κ3) is 6.98. The molecule has 3 rings (SSSR count). The lowest BCUT2D eigenvalue weighted by Crippen LogP contribution is -2.28. The largest absolute Gasteiger partial charge is 0.490 e. The number of aliphatic carboxylic acids is 1. The van der Waals surface area contributed by atoms with Crippen molar-refractivity contribution in [2.45, 2.75) is 51.5 Å². The Morgan fingerprint density at radius 3 is 2.10 bits per heavy atom. The van der Waals surface area contributed by atoms with Crippen LogP contribution in [0.4, 0.5) is 13.2 Å². The number of Topliss-reactive ketones (excluding diaryl/α,β-unsaturated/α-hetero) is 1. The number of carbonyl (C=O) groups is 3. The zero-order chi connectivity index (χ0) is 22.5. The predicted molar refractivity (Wildman–Crippen MR) is 103 cm³/mol. The molecule has 1 aliphatic heterocycles. The van der Waals surface area contributed by atoms with Crippen molar-refractivity contribution in [2.75, 3.05) is 0 Å². The lowest BCUT2D eigenvalue weighted by atomic mass is 9.94. The molecular weight excluding hydrogens is 401 g/mol. The molecule has 1 heterocycles. The Hall–Kier alpha value is -2.68. The zero-order valence-electron chi connectivity index (χ0n) is 16.6. The second-order valence-corrected chi connectivity index (χ2v) is 7.59. The highest BCUT2D eigenvalue weighted by atomic mass is 19.4. The van der Waals surface area contributed by atoms with Crippen LogP contribution in [0.25, 0.3) is 0 Å². The number of hydrogen-bond acceptors (Lipinski definition) is 4. The number of nitrogens with zero attached hydrogens (tertiary/aromatic N) is 1. The van der Waals surface area contributed by atoms with Crippen LogP contribution in [0.15, 0.2) is 36.4 Å². The maximum absolute atomic E-state index is 12.4. The maximum Gasteiger partial charge on any atom is 0.490 e. The molecule has 0 saturated heterocycles. The van der Waals surface area contributed by atoms with Gasteiger partial charge < -0.3 is 15.7 Å². The molecule has 6 nitrogen and oxygen atoms in total. The van der Waals surface area contributed by atoms with Crippen LogP contribution in [0.5, 0.6) is 0 Å². The second-order valence-electron chi connectivity index (χ2n) is 7.59. The molecule has 2 aliphatic rings. The number of carbonyl (C=O) groups excluding carboxylic acids is 2. The number of amides is 1. The lowest BCUT2D eigenvalue weighted by Gasteiger charge is -2.15. The minimum atomic E-state index is -5.08. The fraction of sp³-hybridized carbons (Fsp3) is 0.476. The van der Waals surface area contributed by atoms with Crippen LogP contribution in [0.3, 0.4) is 0 Å². The third-order valence-corrected chi connectivity index (χ3v) is 5.05. The Bertz CT molecular complexity index is 792. The molecule has 0 aromatic heterocycles. The summed E-state index contributed by atoms with van der Waals surface area (Å²) in [5, 5.41) is 7.12. The number of hydrogen-bond donors (Lipinski definition) is 2. The van der Waals surface area contributed by atoms with Crippen molar-refractivity contribution in [3.8, 4) is 0 Å². The van der Waals surface area contributed by atoms with Gasteiger partial charge in [-0.25, -0.2) is 4.79 Å². The van der Waals surface area contributed by atoms with Crippen molar-refractivity contribution in [1.82, 2.24) is 4.90 Å². The molecule has 0 unspecified atom stereocenters. The van der Waals surface area contributed by atoms with E-state index in [9.17, 15) is 22.8 Å². The van der Waals surface area contributed by atoms with E-state index in [0.717, 1.165) is 12.8 Å². The van der Waals surface area contributed by atoms with Crippen molar-refractivity contribution in [2.24, 2.45) is 17.6 Å². The van der Waals surface area contributed by atoms with Gasteiger partial charge in [0, 0.05) is 19.5 Å². The molecule has 0 radical (unpaired) electrons. The van der Waals surface area contributed by atoms with Gasteiger partial charge in [-0.2, -0.15) is 13.2 Å². The fourth-order valence-corrected chi connectivity index (χ4v) is 3.13. The standard InChI is InChI=1S/C19H24N2O2.C2HF3O2/c1-13(20)18(22)10-15(14-6-7-14)8-9-19(23)21-11-16-4-2-3-5-17(16)12-21;3-2(4,5)1(6)7/h2-5,8-9,13-15H,6-7,10-12,20H2,1H3;(H,6,7)/b9-8+;/t13-,15-;/m0./s1. The average molecular weight is 426 g/mol. The van der Waals surface area contributed by atoms with Gasteiger partial charge in [0.05, 0.1) is 6.04 Å². The molecule has 1 aliphatic carbocycles. The number of rotatable bonds is 6. The number of benzene rings is 1. The summed E-state index contributed by atoms with van der Waals surface area (Å²) in [7, 11) is 0. The van der Waals surface area contributed by atoms with Crippen molar-refractivity contribution in [3.63, 3.8) is 0 Å². The molecule has 1 aromatic rings. The normalized spacial score (nSPS) is 17.7. The average Bonchev–Trinajstić information content (AvgIpc) is 3.42. The molecular formula is C21H25F3N2O4. The summed E-state index contributed by atoms with van der Waals surface area (Å²) in [6.45, 7) is 3.07. The smallest absolute Gasteiger partial charge is 0.475 e. The van der Waals surface area contributed by atoms with Gasteiger partial charge in [0.15, 0.2) is 0 Å².